The Morgan fingerprint density at radius 1 is 1.88 bits per heavy atom. The Kier molecular flexibility index (Phi) is 1.33. The van der Waals surface area contributed by atoms with Crippen LogP contribution in [0.25, 0.3) is 0 Å². The summed E-state index contributed by atoms with van der Waals surface area (Å²) in [5.41, 5.74) is 0.924. The lowest BCUT2D eigenvalue weighted by molar-refractivity contribution is 0.863. The van der Waals surface area contributed by atoms with Crippen molar-refractivity contribution >= 4 is 7.98 Å². The lowest BCUT2D eigenvalue weighted by Crippen LogP contribution is -1.89. The summed E-state index contributed by atoms with van der Waals surface area (Å²) in [7, 11) is 5.20. The molecule has 0 N–H and O–H groups in total. The summed E-state index contributed by atoms with van der Waals surface area (Å²) in [5.74, 6) is 0. The van der Waals surface area contributed by atoms with E-state index in [9.17, 15) is 0 Å². The van der Waals surface area contributed by atoms with Crippen molar-refractivity contribution in [3.8, 4) is 0 Å². The topological polar surface area (TPSA) is 30.7 Å². The van der Waals surface area contributed by atoms with E-state index in [1.807, 2.05) is 6.92 Å². The van der Waals surface area contributed by atoms with Crippen molar-refractivity contribution in [2.24, 2.45) is 0 Å². The van der Waals surface area contributed by atoms with Gasteiger partial charge in [0.2, 0.25) is 0 Å². The van der Waals surface area contributed by atoms with Gasteiger partial charge in [0.15, 0.2) is 0 Å². The van der Waals surface area contributed by atoms with Crippen LogP contribution in [0.4, 0.5) is 0 Å². The van der Waals surface area contributed by atoms with Crippen LogP contribution in [-0.4, -0.2) is 22.9 Å². The molecule has 0 atom stereocenters. The normalized spacial score (nSPS) is 9.62. The molecule has 2 radical (unpaired) electrons. The van der Waals surface area contributed by atoms with E-state index < -0.39 is 0 Å². The highest BCUT2D eigenvalue weighted by molar-refractivity contribution is 6.05. The molecule has 4 heteroatoms. The first kappa shape index (κ1) is 5.34. The van der Waals surface area contributed by atoms with Crippen LogP contribution >= 0.6 is 0 Å². The molecule has 0 saturated heterocycles. The zero-order valence-electron chi connectivity index (χ0n) is 4.70. The predicted molar refractivity (Wildman–Crippen MR) is 30.6 cm³/mol. The van der Waals surface area contributed by atoms with Crippen LogP contribution in [0, 0.1) is 0 Å². The highest BCUT2D eigenvalue weighted by Crippen LogP contribution is 1.88. The number of hydrogen-bond acceptors (Lipinski definition) is 2. The SMILES string of the molecule is [B]n1cc(CC)nn1. The monoisotopic (exact) mass is 107 g/mol. The van der Waals surface area contributed by atoms with Crippen molar-refractivity contribution in [1.82, 2.24) is 14.9 Å². The van der Waals surface area contributed by atoms with Crippen LogP contribution in [0.2, 0.25) is 0 Å². The molecule has 0 aromatic carbocycles. The summed E-state index contributed by atoms with van der Waals surface area (Å²) in [6, 6.07) is 0. The molecule has 0 aliphatic heterocycles. The molecule has 0 unspecified atom stereocenters. The van der Waals surface area contributed by atoms with Gasteiger partial charge in [-0.2, -0.15) is 0 Å². The van der Waals surface area contributed by atoms with Crippen LogP contribution in [0.3, 0.4) is 0 Å². The van der Waals surface area contributed by atoms with E-state index in [0.29, 0.717) is 0 Å². The van der Waals surface area contributed by atoms with Crippen molar-refractivity contribution in [2.45, 2.75) is 13.3 Å². The molecular weight excluding hydrogens is 101 g/mol. The van der Waals surface area contributed by atoms with Crippen LogP contribution in [0.5, 0.6) is 0 Å². The highest BCUT2D eigenvalue weighted by atomic mass is 15.4. The van der Waals surface area contributed by atoms with Crippen molar-refractivity contribution in [3.05, 3.63) is 11.9 Å². The van der Waals surface area contributed by atoms with E-state index in [2.05, 4.69) is 10.3 Å². The van der Waals surface area contributed by atoms with Gasteiger partial charge in [0.1, 0.15) is 0 Å². The van der Waals surface area contributed by atoms with Crippen molar-refractivity contribution in [3.63, 3.8) is 0 Å². The highest BCUT2D eigenvalue weighted by Gasteiger charge is 1.89. The Hall–Kier alpha value is -0.795. The van der Waals surface area contributed by atoms with Crippen molar-refractivity contribution < 1.29 is 0 Å². The van der Waals surface area contributed by atoms with Gasteiger partial charge in [-0.15, -0.1) is 5.10 Å². The van der Waals surface area contributed by atoms with Gasteiger partial charge >= 0.3 is 0 Å². The Labute approximate surface area is 49.1 Å². The van der Waals surface area contributed by atoms with Crippen LogP contribution in [0.15, 0.2) is 6.20 Å². The maximum Gasteiger partial charge on any atom is 0.266 e. The molecule has 1 heterocycles. The molecule has 3 nitrogen and oxygen atoms in total. The minimum atomic E-state index is 0.886. The minimum absolute atomic E-state index is 0.886. The molecule has 1 rings (SSSR count). The molecule has 0 spiro atoms. The van der Waals surface area contributed by atoms with E-state index in [1.165, 1.54) is 4.59 Å². The minimum Gasteiger partial charge on any atom is -0.311 e. The number of aryl methyl sites for hydroxylation is 1. The zero-order valence-corrected chi connectivity index (χ0v) is 4.70. The van der Waals surface area contributed by atoms with E-state index in [1.54, 1.807) is 6.20 Å². The summed E-state index contributed by atoms with van der Waals surface area (Å²) in [6.45, 7) is 2.00. The molecule has 0 fully saturated rings. The van der Waals surface area contributed by atoms with E-state index >= 15 is 0 Å². The van der Waals surface area contributed by atoms with E-state index in [-0.39, 0.29) is 0 Å². The first-order valence-corrected chi connectivity index (χ1v) is 2.49. The van der Waals surface area contributed by atoms with Gasteiger partial charge in [0.05, 0.1) is 5.69 Å². The summed E-state index contributed by atoms with van der Waals surface area (Å²) in [4.78, 5) is 0. The lowest BCUT2D eigenvalue weighted by atomic mass is 10.3. The van der Waals surface area contributed by atoms with Gasteiger partial charge in [-0.05, 0) is 6.42 Å². The van der Waals surface area contributed by atoms with Gasteiger partial charge in [-0.1, -0.05) is 12.1 Å². The van der Waals surface area contributed by atoms with Gasteiger partial charge in [0, 0.05) is 6.20 Å². The second kappa shape index (κ2) is 1.98. The fourth-order valence-corrected chi connectivity index (χ4v) is 0.475. The number of nitrogens with zero attached hydrogens (tertiary/aromatic N) is 3. The number of rotatable bonds is 1. The largest absolute Gasteiger partial charge is 0.311 e. The molecule has 0 bridgehead atoms. The quantitative estimate of drug-likeness (QED) is 0.464. The molecular formula is C4H6BN3. The van der Waals surface area contributed by atoms with Gasteiger partial charge in [0.25, 0.3) is 7.98 Å². The molecule has 0 aliphatic rings. The molecule has 1 aromatic rings. The molecule has 0 amide bonds. The first-order chi connectivity index (χ1) is 3.83. The smallest absolute Gasteiger partial charge is 0.266 e. The average molecular weight is 107 g/mol. The molecule has 1 aromatic heterocycles. The Morgan fingerprint density at radius 3 is 2.88 bits per heavy atom. The summed E-state index contributed by atoms with van der Waals surface area (Å²) >= 11 is 0. The van der Waals surface area contributed by atoms with Crippen molar-refractivity contribution in [2.75, 3.05) is 0 Å². The van der Waals surface area contributed by atoms with Gasteiger partial charge in [-0.3, -0.25) is 0 Å². The Balaban J connectivity index is 2.84. The Morgan fingerprint density at radius 2 is 2.62 bits per heavy atom. The maximum atomic E-state index is 5.20. The zero-order chi connectivity index (χ0) is 5.98. The molecule has 8 heavy (non-hydrogen) atoms. The van der Waals surface area contributed by atoms with Gasteiger partial charge in [-0.25, -0.2) is 0 Å². The third kappa shape index (κ3) is 0.884. The van der Waals surface area contributed by atoms with E-state index in [4.69, 9.17) is 7.98 Å². The van der Waals surface area contributed by atoms with Crippen LogP contribution in [-0.2, 0) is 6.42 Å². The summed E-state index contributed by atoms with van der Waals surface area (Å²) in [5, 5.41) is 7.25. The summed E-state index contributed by atoms with van der Waals surface area (Å²) in [6.07, 6.45) is 2.58. The molecule has 40 valence electrons. The Bertz CT molecular complexity index is 172. The standard InChI is InChI=1S/C4H6BN3/c1-2-4-3-8(5)7-6-4/h3H,2H2,1H3. The fraction of sp³-hybridized carbons (Fsp3) is 0.500. The molecule has 0 saturated carbocycles. The third-order valence-electron chi connectivity index (χ3n) is 0.920. The van der Waals surface area contributed by atoms with Crippen LogP contribution in [0.1, 0.15) is 12.6 Å². The fourth-order valence-electron chi connectivity index (χ4n) is 0.475. The second-order valence-corrected chi connectivity index (χ2v) is 1.54. The maximum absolute atomic E-state index is 5.20. The average Bonchev–Trinajstić information content (AvgIpc) is 2.14. The number of aromatic nitrogens is 3. The van der Waals surface area contributed by atoms with Crippen molar-refractivity contribution in [1.29, 1.82) is 0 Å². The van der Waals surface area contributed by atoms with Crippen LogP contribution < -0.4 is 0 Å². The predicted octanol–water partition coefficient (Wildman–Crippen LogP) is -0.228. The van der Waals surface area contributed by atoms with E-state index in [0.717, 1.165) is 12.1 Å². The third-order valence-corrected chi connectivity index (χ3v) is 0.920. The second-order valence-electron chi connectivity index (χ2n) is 1.54. The van der Waals surface area contributed by atoms with Gasteiger partial charge < -0.3 is 4.59 Å². The summed E-state index contributed by atoms with van der Waals surface area (Å²) < 4.78 is 1.21. The lowest BCUT2D eigenvalue weighted by Gasteiger charge is -1.78. The number of hydrogen-bond donors (Lipinski definition) is 0. The molecule has 0 aliphatic carbocycles. The first-order valence-electron chi connectivity index (χ1n) is 2.49.